The van der Waals surface area contributed by atoms with Crippen LogP contribution in [0.1, 0.15) is 18.5 Å². The molecule has 78 valence electrons. The molecule has 3 heteroatoms. The van der Waals surface area contributed by atoms with Gasteiger partial charge in [-0.1, -0.05) is 17.7 Å². The summed E-state index contributed by atoms with van der Waals surface area (Å²) in [5.74, 6) is 0.796. The van der Waals surface area contributed by atoms with Gasteiger partial charge in [-0.2, -0.15) is 0 Å². The highest BCUT2D eigenvalue weighted by molar-refractivity contribution is 6.31. The first-order valence-corrected chi connectivity index (χ1v) is 4.94. The number of nitrogens with zero attached hydrogens (tertiary/aromatic N) is 1. The molecule has 0 bridgehead atoms. The van der Waals surface area contributed by atoms with Crippen molar-refractivity contribution in [3.63, 3.8) is 0 Å². The summed E-state index contributed by atoms with van der Waals surface area (Å²) in [5, 5.41) is 0.755. The molecule has 0 spiro atoms. The second-order valence-corrected chi connectivity index (χ2v) is 3.93. The van der Waals surface area contributed by atoms with Gasteiger partial charge in [-0.05, 0) is 38.7 Å². The van der Waals surface area contributed by atoms with E-state index in [9.17, 15) is 0 Å². The summed E-state index contributed by atoms with van der Waals surface area (Å²) in [7, 11) is 5.71. The summed E-state index contributed by atoms with van der Waals surface area (Å²) in [6, 6.07) is 6.10. The molecule has 0 saturated carbocycles. The Hall–Kier alpha value is -0.730. The van der Waals surface area contributed by atoms with Crippen LogP contribution in [0.3, 0.4) is 0 Å². The van der Waals surface area contributed by atoms with Gasteiger partial charge >= 0.3 is 0 Å². The molecule has 0 aliphatic carbocycles. The monoisotopic (exact) mass is 213 g/mol. The maximum atomic E-state index is 6.14. The van der Waals surface area contributed by atoms with E-state index in [1.165, 1.54) is 0 Å². The molecule has 0 aromatic heterocycles. The molecule has 0 heterocycles. The van der Waals surface area contributed by atoms with Gasteiger partial charge in [0, 0.05) is 11.1 Å². The molecular weight excluding hydrogens is 198 g/mol. The Balaban J connectivity index is 2.99. The summed E-state index contributed by atoms with van der Waals surface area (Å²) in [6.45, 7) is 2.12. The van der Waals surface area contributed by atoms with Gasteiger partial charge in [0.15, 0.2) is 0 Å². The highest BCUT2D eigenvalue weighted by Gasteiger charge is 2.11. The van der Waals surface area contributed by atoms with Crippen molar-refractivity contribution in [1.82, 2.24) is 4.90 Å². The fraction of sp³-hybridized carbons (Fsp3) is 0.455. The predicted molar refractivity (Wildman–Crippen MR) is 60.1 cm³/mol. The third-order valence-electron chi connectivity index (χ3n) is 2.43. The lowest BCUT2D eigenvalue weighted by molar-refractivity contribution is 0.321. The molecule has 0 N–H and O–H groups in total. The van der Waals surface area contributed by atoms with Gasteiger partial charge in [0.25, 0.3) is 0 Å². The quantitative estimate of drug-likeness (QED) is 0.766. The van der Waals surface area contributed by atoms with Crippen LogP contribution in [-0.4, -0.2) is 26.1 Å². The van der Waals surface area contributed by atoms with Crippen molar-refractivity contribution in [1.29, 1.82) is 0 Å². The maximum Gasteiger partial charge on any atom is 0.120 e. The van der Waals surface area contributed by atoms with Crippen LogP contribution in [0.4, 0.5) is 0 Å². The first-order chi connectivity index (χ1) is 6.56. The summed E-state index contributed by atoms with van der Waals surface area (Å²) in [6.07, 6.45) is 0. The number of ether oxygens (including phenoxy) is 1. The van der Waals surface area contributed by atoms with Crippen LogP contribution in [0.15, 0.2) is 18.2 Å². The van der Waals surface area contributed by atoms with Crippen molar-refractivity contribution in [2.45, 2.75) is 13.0 Å². The minimum absolute atomic E-state index is 0.313. The Morgan fingerprint density at radius 2 is 2.00 bits per heavy atom. The zero-order chi connectivity index (χ0) is 10.7. The van der Waals surface area contributed by atoms with Crippen molar-refractivity contribution in [2.24, 2.45) is 0 Å². The smallest absolute Gasteiger partial charge is 0.120 e. The topological polar surface area (TPSA) is 12.5 Å². The largest absolute Gasteiger partial charge is 0.497 e. The van der Waals surface area contributed by atoms with Gasteiger partial charge in [0.1, 0.15) is 5.75 Å². The highest BCUT2D eigenvalue weighted by Crippen LogP contribution is 2.29. The average Bonchev–Trinajstić information content (AvgIpc) is 2.16. The first-order valence-electron chi connectivity index (χ1n) is 4.56. The Morgan fingerprint density at radius 3 is 2.43 bits per heavy atom. The molecule has 1 atom stereocenters. The van der Waals surface area contributed by atoms with E-state index in [0.717, 1.165) is 16.3 Å². The van der Waals surface area contributed by atoms with E-state index < -0.39 is 0 Å². The van der Waals surface area contributed by atoms with Crippen LogP contribution in [0.25, 0.3) is 0 Å². The number of hydrogen-bond donors (Lipinski definition) is 0. The number of halogens is 1. The fourth-order valence-corrected chi connectivity index (χ4v) is 1.58. The van der Waals surface area contributed by atoms with Crippen LogP contribution >= 0.6 is 11.6 Å². The van der Waals surface area contributed by atoms with E-state index >= 15 is 0 Å². The van der Waals surface area contributed by atoms with E-state index in [1.54, 1.807) is 7.11 Å². The van der Waals surface area contributed by atoms with Crippen LogP contribution < -0.4 is 4.74 Å². The lowest BCUT2D eigenvalue weighted by Gasteiger charge is -2.21. The van der Waals surface area contributed by atoms with Crippen LogP contribution in [-0.2, 0) is 0 Å². The predicted octanol–water partition coefficient (Wildman–Crippen LogP) is 2.97. The van der Waals surface area contributed by atoms with Gasteiger partial charge in [-0.25, -0.2) is 0 Å². The van der Waals surface area contributed by atoms with E-state index in [-0.39, 0.29) is 0 Å². The first kappa shape index (κ1) is 11.3. The van der Waals surface area contributed by atoms with Gasteiger partial charge in [0.05, 0.1) is 7.11 Å². The zero-order valence-corrected chi connectivity index (χ0v) is 9.80. The molecule has 0 amide bonds. The molecule has 0 radical (unpaired) electrons. The van der Waals surface area contributed by atoms with Crippen molar-refractivity contribution < 1.29 is 4.74 Å². The summed E-state index contributed by atoms with van der Waals surface area (Å²) in [4.78, 5) is 2.12. The van der Waals surface area contributed by atoms with Gasteiger partial charge in [0.2, 0.25) is 0 Å². The number of hydrogen-bond acceptors (Lipinski definition) is 2. The lowest BCUT2D eigenvalue weighted by Crippen LogP contribution is -2.16. The Bertz CT molecular complexity index is 312. The van der Waals surface area contributed by atoms with E-state index in [0.29, 0.717) is 6.04 Å². The molecule has 0 saturated heterocycles. The van der Waals surface area contributed by atoms with E-state index in [2.05, 4.69) is 11.8 Å². The molecule has 14 heavy (non-hydrogen) atoms. The Labute approximate surface area is 90.4 Å². The van der Waals surface area contributed by atoms with E-state index in [1.807, 2.05) is 32.3 Å². The van der Waals surface area contributed by atoms with Crippen LogP contribution in [0.2, 0.25) is 5.02 Å². The van der Waals surface area contributed by atoms with Gasteiger partial charge in [-0.15, -0.1) is 0 Å². The molecule has 1 aromatic carbocycles. The Morgan fingerprint density at radius 1 is 1.36 bits per heavy atom. The highest BCUT2D eigenvalue weighted by atomic mass is 35.5. The third-order valence-corrected chi connectivity index (χ3v) is 2.76. The van der Waals surface area contributed by atoms with Crippen molar-refractivity contribution in [3.05, 3.63) is 28.8 Å². The lowest BCUT2D eigenvalue weighted by atomic mass is 10.1. The number of benzene rings is 1. The second kappa shape index (κ2) is 4.67. The molecular formula is C11H16ClNO. The molecule has 1 aromatic rings. The molecule has 0 aliphatic heterocycles. The Kier molecular flexibility index (Phi) is 3.78. The normalized spacial score (nSPS) is 13.0. The molecule has 0 aliphatic rings. The maximum absolute atomic E-state index is 6.14. The average molecular weight is 214 g/mol. The second-order valence-electron chi connectivity index (χ2n) is 3.53. The zero-order valence-electron chi connectivity index (χ0n) is 9.04. The summed E-state index contributed by atoms with van der Waals surface area (Å²) < 4.78 is 5.09. The minimum atomic E-state index is 0.313. The standard InChI is InChI=1S/C11H16ClNO/c1-8(13(2)3)10-6-5-9(14-4)7-11(10)12/h5-8H,1-4H3. The SMILES string of the molecule is COc1ccc(C(C)N(C)C)c(Cl)c1. The summed E-state index contributed by atoms with van der Waals surface area (Å²) in [5.41, 5.74) is 1.12. The van der Waals surface area contributed by atoms with Crippen LogP contribution in [0.5, 0.6) is 5.75 Å². The van der Waals surface area contributed by atoms with Gasteiger partial charge in [-0.3, -0.25) is 0 Å². The molecule has 1 unspecified atom stereocenters. The summed E-state index contributed by atoms with van der Waals surface area (Å²) >= 11 is 6.14. The van der Waals surface area contributed by atoms with Crippen LogP contribution in [0, 0.1) is 0 Å². The van der Waals surface area contributed by atoms with E-state index in [4.69, 9.17) is 16.3 Å². The molecule has 0 fully saturated rings. The van der Waals surface area contributed by atoms with Crippen molar-refractivity contribution in [3.8, 4) is 5.75 Å². The molecule has 2 nitrogen and oxygen atoms in total. The number of methoxy groups -OCH3 is 1. The minimum Gasteiger partial charge on any atom is -0.497 e. The van der Waals surface area contributed by atoms with Crippen molar-refractivity contribution >= 4 is 11.6 Å². The van der Waals surface area contributed by atoms with Crippen molar-refractivity contribution in [2.75, 3.05) is 21.2 Å². The third kappa shape index (κ3) is 2.40. The molecule has 1 rings (SSSR count). The number of rotatable bonds is 3. The fourth-order valence-electron chi connectivity index (χ4n) is 1.25. The van der Waals surface area contributed by atoms with Gasteiger partial charge < -0.3 is 9.64 Å².